The zero-order chi connectivity index (χ0) is 12.7. The molecular weight excluding hydrogens is 232 g/mol. The van der Waals surface area contributed by atoms with E-state index in [1.807, 2.05) is 19.1 Å². The number of carboxylic acid groups (broad SMARTS) is 1. The zero-order valence-electron chi connectivity index (χ0n) is 9.86. The summed E-state index contributed by atoms with van der Waals surface area (Å²) in [5.74, 6) is -0.0530. The lowest BCUT2D eigenvalue weighted by Gasteiger charge is -2.05. The van der Waals surface area contributed by atoms with Crippen LogP contribution >= 0.6 is 0 Å². The number of fused-ring (bicyclic) bond motifs is 1. The molecule has 5 nitrogen and oxygen atoms in total. The summed E-state index contributed by atoms with van der Waals surface area (Å²) < 4.78 is 5.54. The van der Waals surface area contributed by atoms with Crippen LogP contribution in [0.4, 0.5) is 0 Å². The summed E-state index contributed by atoms with van der Waals surface area (Å²) in [6.07, 6.45) is 0.889. The van der Waals surface area contributed by atoms with Crippen LogP contribution in [0, 0.1) is 6.92 Å². The summed E-state index contributed by atoms with van der Waals surface area (Å²) in [5.41, 5.74) is 3.87. The number of aromatic carboxylic acids is 1. The Morgan fingerprint density at radius 3 is 3.00 bits per heavy atom. The quantitative estimate of drug-likeness (QED) is 0.847. The first-order valence-electron chi connectivity index (χ1n) is 5.70. The summed E-state index contributed by atoms with van der Waals surface area (Å²) in [7, 11) is 0. The molecule has 0 spiro atoms. The Balaban J connectivity index is 2.06. The van der Waals surface area contributed by atoms with Gasteiger partial charge in [0.25, 0.3) is 0 Å². The van der Waals surface area contributed by atoms with Gasteiger partial charge in [0.05, 0.1) is 12.3 Å². The number of benzene rings is 1. The maximum Gasteiger partial charge on any atom is 0.353 e. The van der Waals surface area contributed by atoms with Gasteiger partial charge in [-0.3, -0.25) is 5.10 Å². The van der Waals surface area contributed by atoms with Gasteiger partial charge in [-0.15, -0.1) is 0 Å². The number of hydrogen-bond donors (Lipinski definition) is 2. The molecule has 0 fully saturated rings. The number of rotatable bonds is 2. The molecule has 1 aromatic carbocycles. The first-order chi connectivity index (χ1) is 8.65. The van der Waals surface area contributed by atoms with E-state index in [1.54, 1.807) is 6.07 Å². The van der Waals surface area contributed by atoms with Gasteiger partial charge in [-0.2, -0.15) is 5.10 Å². The first-order valence-corrected chi connectivity index (χ1v) is 5.70. The number of aromatic nitrogens is 2. The van der Waals surface area contributed by atoms with Crippen LogP contribution in [0.2, 0.25) is 0 Å². The molecule has 0 saturated carbocycles. The summed E-state index contributed by atoms with van der Waals surface area (Å²) in [4.78, 5) is 10.8. The molecule has 18 heavy (non-hydrogen) atoms. The number of H-pyrrole nitrogens is 1. The SMILES string of the molecule is Cc1cc(-c2cc(C(=O)O)[nH]n2)cc2c1OCC2. The van der Waals surface area contributed by atoms with Gasteiger partial charge in [0.2, 0.25) is 0 Å². The Kier molecular flexibility index (Phi) is 2.33. The maximum atomic E-state index is 10.8. The molecule has 0 bridgehead atoms. The van der Waals surface area contributed by atoms with Gasteiger partial charge in [0, 0.05) is 12.0 Å². The average molecular weight is 244 g/mol. The van der Waals surface area contributed by atoms with Gasteiger partial charge in [0.1, 0.15) is 11.4 Å². The van der Waals surface area contributed by atoms with E-state index in [2.05, 4.69) is 10.2 Å². The number of hydrogen-bond acceptors (Lipinski definition) is 3. The molecule has 92 valence electrons. The Bertz CT molecular complexity index is 631. The van der Waals surface area contributed by atoms with Crippen LogP contribution < -0.4 is 4.74 Å². The molecule has 1 aliphatic rings. The Morgan fingerprint density at radius 2 is 2.28 bits per heavy atom. The molecule has 0 radical (unpaired) electrons. The number of nitrogens with one attached hydrogen (secondary N) is 1. The van der Waals surface area contributed by atoms with E-state index in [0.717, 1.165) is 28.9 Å². The van der Waals surface area contributed by atoms with Gasteiger partial charge in [-0.25, -0.2) is 4.79 Å². The monoisotopic (exact) mass is 244 g/mol. The minimum Gasteiger partial charge on any atom is -0.493 e. The molecule has 0 atom stereocenters. The second-order valence-electron chi connectivity index (χ2n) is 4.35. The highest BCUT2D eigenvalue weighted by molar-refractivity contribution is 5.87. The lowest BCUT2D eigenvalue weighted by molar-refractivity contribution is 0.0690. The van der Waals surface area contributed by atoms with Crippen molar-refractivity contribution in [3.05, 3.63) is 35.0 Å². The second kappa shape index (κ2) is 3.87. The van der Waals surface area contributed by atoms with Crippen LogP contribution in [0.15, 0.2) is 18.2 Å². The fourth-order valence-electron chi connectivity index (χ4n) is 2.23. The van der Waals surface area contributed by atoms with Crippen LogP contribution in [0.5, 0.6) is 5.75 Å². The van der Waals surface area contributed by atoms with E-state index < -0.39 is 5.97 Å². The third kappa shape index (κ3) is 1.64. The van der Waals surface area contributed by atoms with Crippen molar-refractivity contribution in [1.29, 1.82) is 0 Å². The second-order valence-corrected chi connectivity index (χ2v) is 4.35. The fraction of sp³-hybridized carbons (Fsp3) is 0.231. The predicted octanol–water partition coefficient (Wildman–Crippen LogP) is 2.02. The lowest BCUT2D eigenvalue weighted by Crippen LogP contribution is -1.95. The van der Waals surface area contributed by atoms with Crippen molar-refractivity contribution in [3.63, 3.8) is 0 Å². The minimum absolute atomic E-state index is 0.0967. The fourth-order valence-corrected chi connectivity index (χ4v) is 2.23. The Morgan fingerprint density at radius 1 is 1.44 bits per heavy atom. The number of aryl methyl sites for hydroxylation is 1. The van der Waals surface area contributed by atoms with E-state index in [9.17, 15) is 4.79 Å². The molecule has 2 aromatic rings. The summed E-state index contributed by atoms with van der Waals surface area (Å²) in [6.45, 7) is 2.69. The number of carbonyl (C=O) groups is 1. The molecule has 3 rings (SSSR count). The molecule has 5 heteroatoms. The molecular formula is C13H12N2O3. The minimum atomic E-state index is -1.00. The maximum absolute atomic E-state index is 10.8. The number of carboxylic acids is 1. The van der Waals surface area contributed by atoms with Crippen molar-refractivity contribution < 1.29 is 14.6 Å². The zero-order valence-corrected chi connectivity index (χ0v) is 9.86. The highest BCUT2D eigenvalue weighted by Gasteiger charge is 2.17. The first kappa shape index (κ1) is 10.8. The third-order valence-corrected chi connectivity index (χ3v) is 3.07. The lowest BCUT2D eigenvalue weighted by atomic mass is 10.0. The van der Waals surface area contributed by atoms with E-state index in [4.69, 9.17) is 9.84 Å². The molecule has 0 saturated heterocycles. The third-order valence-electron chi connectivity index (χ3n) is 3.07. The number of aromatic amines is 1. The Labute approximate surface area is 103 Å². The molecule has 2 heterocycles. The summed E-state index contributed by atoms with van der Waals surface area (Å²) >= 11 is 0. The van der Waals surface area contributed by atoms with Crippen molar-refractivity contribution in [2.45, 2.75) is 13.3 Å². The largest absolute Gasteiger partial charge is 0.493 e. The highest BCUT2D eigenvalue weighted by atomic mass is 16.5. The molecule has 0 amide bonds. The van der Waals surface area contributed by atoms with Crippen molar-refractivity contribution in [2.75, 3.05) is 6.61 Å². The topological polar surface area (TPSA) is 75.2 Å². The normalized spacial score (nSPS) is 13.2. The molecule has 0 aliphatic carbocycles. The van der Waals surface area contributed by atoms with Crippen molar-refractivity contribution in [2.24, 2.45) is 0 Å². The van der Waals surface area contributed by atoms with Gasteiger partial charge < -0.3 is 9.84 Å². The van der Waals surface area contributed by atoms with Crippen LogP contribution in [-0.4, -0.2) is 27.9 Å². The van der Waals surface area contributed by atoms with Gasteiger partial charge in [-0.1, -0.05) is 0 Å². The molecule has 0 unspecified atom stereocenters. The van der Waals surface area contributed by atoms with E-state index in [-0.39, 0.29) is 5.69 Å². The summed E-state index contributed by atoms with van der Waals surface area (Å²) in [5, 5.41) is 15.4. The number of ether oxygens (including phenoxy) is 1. The van der Waals surface area contributed by atoms with E-state index >= 15 is 0 Å². The summed E-state index contributed by atoms with van der Waals surface area (Å²) in [6, 6.07) is 5.52. The van der Waals surface area contributed by atoms with Crippen molar-refractivity contribution >= 4 is 5.97 Å². The van der Waals surface area contributed by atoms with Crippen molar-refractivity contribution in [3.8, 4) is 17.0 Å². The van der Waals surface area contributed by atoms with Gasteiger partial charge in [0.15, 0.2) is 0 Å². The highest BCUT2D eigenvalue weighted by Crippen LogP contribution is 2.33. The smallest absolute Gasteiger partial charge is 0.353 e. The Hall–Kier alpha value is -2.30. The van der Waals surface area contributed by atoms with E-state index in [0.29, 0.717) is 12.3 Å². The van der Waals surface area contributed by atoms with E-state index in [1.165, 1.54) is 0 Å². The predicted molar refractivity (Wildman–Crippen MR) is 64.9 cm³/mol. The average Bonchev–Trinajstić information content (AvgIpc) is 2.97. The van der Waals surface area contributed by atoms with Crippen LogP contribution in [0.1, 0.15) is 21.6 Å². The molecule has 1 aromatic heterocycles. The van der Waals surface area contributed by atoms with Crippen LogP contribution in [0.3, 0.4) is 0 Å². The molecule has 1 aliphatic heterocycles. The van der Waals surface area contributed by atoms with Crippen LogP contribution in [-0.2, 0) is 6.42 Å². The van der Waals surface area contributed by atoms with Crippen LogP contribution in [0.25, 0.3) is 11.3 Å². The molecule has 2 N–H and O–H groups in total. The van der Waals surface area contributed by atoms with Gasteiger partial charge >= 0.3 is 5.97 Å². The number of nitrogens with zero attached hydrogens (tertiary/aromatic N) is 1. The van der Waals surface area contributed by atoms with Crippen molar-refractivity contribution in [1.82, 2.24) is 10.2 Å². The standard InChI is InChI=1S/C13H12N2O3/c1-7-4-9(5-8-2-3-18-12(7)8)10-6-11(13(16)17)15-14-10/h4-6H,2-3H2,1H3,(H,14,15)(H,16,17). The van der Waals surface area contributed by atoms with Gasteiger partial charge in [-0.05, 0) is 36.2 Å².